The minimum absolute atomic E-state index is 0. The van der Waals surface area contributed by atoms with Gasteiger partial charge in [0.25, 0.3) is 5.91 Å². The number of aryl methyl sites for hydroxylation is 1. The summed E-state index contributed by atoms with van der Waals surface area (Å²) < 4.78 is 7.92. The quantitative estimate of drug-likeness (QED) is 0.277. The van der Waals surface area contributed by atoms with E-state index in [2.05, 4.69) is 58.8 Å². The summed E-state index contributed by atoms with van der Waals surface area (Å²) >= 11 is 0. The Morgan fingerprint density at radius 1 is 1.00 bits per heavy atom. The molecule has 8 atom stereocenters. The molecule has 4 saturated carbocycles. The summed E-state index contributed by atoms with van der Waals surface area (Å²) in [6, 6.07) is 0. The number of Topliss-reactive ketones (excluding diaryl/α,β-unsaturated/α-hetero) is 1. The summed E-state index contributed by atoms with van der Waals surface area (Å²) in [6.07, 6.45) is 10.9. The van der Waals surface area contributed by atoms with E-state index in [1.54, 1.807) is 30.9 Å². The molecule has 50 heavy (non-hydrogen) atoms. The van der Waals surface area contributed by atoms with Crippen LogP contribution in [0.2, 0.25) is 0 Å². The van der Waals surface area contributed by atoms with Crippen LogP contribution in [0.5, 0.6) is 0 Å². The number of carboxylic acid groups (broad SMARTS) is 1. The molecule has 1 aromatic heterocycles. The lowest BCUT2D eigenvalue weighted by Crippen LogP contribution is -2.67. The number of carbonyl (C=O) groups is 4. The maximum Gasteiger partial charge on any atom is 0.309 e. The highest BCUT2D eigenvalue weighted by Gasteiger charge is 2.70. The van der Waals surface area contributed by atoms with Gasteiger partial charge in [0.15, 0.2) is 5.78 Å². The summed E-state index contributed by atoms with van der Waals surface area (Å²) in [7, 11) is 1.85. The topological polar surface area (TPSA) is 128 Å². The molecule has 4 fully saturated rings. The molecule has 278 valence electrons. The third-order valence-electron chi connectivity index (χ3n) is 15.1. The van der Waals surface area contributed by atoms with Crippen molar-refractivity contribution in [3.05, 3.63) is 29.4 Å². The maximum absolute atomic E-state index is 13.9. The number of carbonyl (C=O) groups excluding carboxylic acids is 3. The third kappa shape index (κ3) is 5.58. The van der Waals surface area contributed by atoms with Gasteiger partial charge in [-0.2, -0.15) is 0 Å². The minimum Gasteiger partial charge on any atom is -0.481 e. The summed E-state index contributed by atoms with van der Waals surface area (Å²) in [5.74, 6) is -0.337. The molecule has 0 aromatic carbocycles. The van der Waals surface area contributed by atoms with Crippen LogP contribution in [-0.2, 0) is 26.2 Å². The van der Waals surface area contributed by atoms with Crippen LogP contribution < -0.4 is 5.32 Å². The van der Waals surface area contributed by atoms with Crippen LogP contribution in [-0.4, -0.2) is 49.9 Å². The van der Waals surface area contributed by atoms with Crippen LogP contribution in [0.3, 0.4) is 0 Å². The summed E-state index contributed by atoms with van der Waals surface area (Å²) in [6.45, 7) is 19.4. The number of aliphatic carboxylic acids is 1. The van der Waals surface area contributed by atoms with Crippen LogP contribution in [0, 0.1) is 50.7 Å². The van der Waals surface area contributed by atoms with E-state index in [9.17, 15) is 24.3 Å². The number of carboxylic acids is 1. The van der Waals surface area contributed by atoms with E-state index in [4.69, 9.17) is 4.74 Å². The highest BCUT2D eigenvalue weighted by molar-refractivity contribution is 6.03. The first-order valence-electron chi connectivity index (χ1n) is 18.6. The lowest BCUT2D eigenvalue weighted by molar-refractivity contribution is -0.232. The Bertz CT molecular complexity index is 1610. The molecule has 0 bridgehead atoms. The van der Waals surface area contributed by atoms with Crippen molar-refractivity contribution < 1.29 is 29.0 Å². The van der Waals surface area contributed by atoms with Gasteiger partial charge in [-0.05, 0) is 116 Å². The molecule has 1 heterocycles. The van der Waals surface area contributed by atoms with Gasteiger partial charge in [0.2, 0.25) is 0 Å². The Kier molecular flexibility index (Phi) is 9.62. The van der Waals surface area contributed by atoms with Crippen molar-refractivity contribution in [1.82, 2.24) is 14.9 Å². The van der Waals surface area contributed by atoms with Crippen molar-refractivity contribution in [3.63, 3.8) is 0 Å². The first-order valence-corrected chi connectivity index (χ1v) is 18.6. The normalized spacial score (nSPS) is 37.5. The number of allylic oxidation sites excluding steroid dienone is 1. The zero-order chi connectivity index (χ0) is 36.1. The molecular formula is C40H60ClN3O6. The van der Waals surface area contributed by atoms with Crippen molar-refractivity contribution in [2.45, 2.75) is 138 Å². The highest BCUT2D eigenvalue weighted by atomic mass is 35.5. The predicted molar refractivity (Wildman–Crippen MR) is 194 cm³/mol. The number of hydrogen-bond donors (Lipinski definition) is 2. The van der Waals surface area contributed by atoms with E-state index < -0.39 is 22.9 Å². The molecule has 1 amide bonds. The number of ketones is 1. The lowest BCUT2D eigenvalue weighted by Gasteiger charge is -2.72. The number of halogens is 1. The standard InChI is InChI=1S/C40H59N3O6.ClH/c1-23(2)31-26(44)19-40(42-33(46)25-21-43(10)22-41-25)18-17-38(8)24(32(31)40)11-12-28-37(7)15-14-29(49-30(45)20-35(3,4)34(47)48)36(5,6)27(37)13-16-39(28,38)9;/h21-24,27-29H,11-20H2,1-10H3,(H,42,46)(H,47,48);1H/t24-,27+,28-,29+,37+,38-,39-,40-;/m1./s1. The molecule has 5 aliphatic rings. The van der Waals surface area contributed by atoms with Gasteiger partial charge in [0.05, 0.1) is 23.7 Å². The fourth-order valence-electron chi connectivity index (χ4n) is 12.4. The van der Waals surface area contributed by atoms with Gasteiger partial charge in [-0.3, -0.25) is 19.2 Å². The summed E-state index contributed by atoms with van der Waals surface area (Å²) in [5.41, 5.74) is 0.479. The highest BCUT2D eigenvalue weighted by Crippen LogP contribution is 2.76. The van der Waals surface area contributed by atoms with Gasteiger partial charge in [0.1, 0.15) is 11.8 Å². The second-order valence-electron chi connectivity index (χ2n) is 18.9. The second kappa shape index (κ2) is 12.5. The third-order valence-corrected chi connectivity index (χ3v) is 15.1. The smallest absolute Gasteiger partial charge is 0.309 e. The Balaban J connectivity index is 0.00000486. The van der Waals surface area contributed by atoms with Crippen molar-refractivity contribution in [2.75, 3.05) is 0 Å². The zero-order valence-electron chi connectivity index (χ0n) is 31.9. The molecule has 0 radical (unpaired) electrons. The summed E-state index contributed by atoms with van der Waals surface area (Å²) in [5, 5.41) is 13.0. The fourth-order valence-corrected chi connectivity index (χ4v) is 12.4. The van der Waals surface area contributed by atoms with Crippen LogP contribution in [0.4, 0.5) is 0 Å². The Morgan fingerprint density at radius 2 is 1.68 bits per heavy atom. The van der Waals surface area contributed by atoms with Crippen molar-refractivity contribution in [2.24, 2.45) is 57.8 Å². The number of amides is 1. The summed E-state index contributed by atoms with van der Waals surface area (Å²) in [4.78, 5) is 56.6. The van der Waals surface area contributed by atoms with E-state index in [1.807, 2.05) is 7.05 Å². The molecule has 5 aliphatic carbocycles. The number of esters is 1. The van der Waals surface area contributed by atoms with Crippen LogP contribution in [0.15, 0.2) is 23.7 Å². The first kappa shape index (κ1) is 38.5. The molecule has 0 unspecified atom stereocenters. The zero-order valence-corrected chi connectivity index (χ0v) is 32.7. The van der Waals surface area contributed by atoms with Crippen molar-refractivity contribution >= 4 is 36.0 Å². The monoisotopic (exact) mass is 713 g/mol. The van der Waals surface area contributed by atoms with E-state index >= 15 is 0 Å². The Hall–Kier alpha value is -2.68. The number of fused-ring (bicyclic) bond motifs is 7. The van der Waals surface area contributed by atoms with E-state index in [0.717, 1.165) is 56.9 Å². The number of imidazole rings is 1. The second-order valence-corrected chi connectivity index (χ2v) is 18.9. The lowest BCUT2D eigenvalue weighted by atomic mass is 9.33. The largest absolute Gasteiger partial charge is 0.481 e. The molecule has 0 aliphatic heterocycles. The van der Waals surface area contributed by atoms with Gasteiger partial charge in [-0.1, -0.05) is 48.5 Å². The number of nitrogens with zero attached hydrogens (tertiary/aromatic N) is 2. The molecule has 6 rings (SSSR count). The van der Waals surface area contributed by atoms with Gasteiger partial charge >= 0.3 is 11.9 Å². The van der Waals surface area contributed by atoms with Gasteiger partial charge in [0, 0.05) is 25.1 Å². The van der Waals surface area contributed by atoms with Crippen molar-refractivity contribution in [1.29, 1.82) is 0 Å². The molecular weight excluding hydrogens is 654 g/mol. The molecule has 2 N–H and O–H groups in total. The van der Waals surface area contributed by atoms with Crippen molar-refractivity contribution in [3.8, 4) is 0 Å². The Morgan fingerprint density at radius 3 is 2.28 bits per heavy atom. The first-order chi connectivity index (χ1) is 22.6. The number of ether oxygens (including phenoxy) is 1. The number of rotatable bonds is 7. The molecule has 10 heteroatoms. The molecule has 0 saturated heterocycles. The maximum atomic E-state index is 13.9. The fraction of sp³-hybridized carbons (Fsp3) is 0.775. The van der Waals surface area contributed by atoms with Crippen LogP contribution >= 0.6 is 12.4 Å². The minimum atomic E-state index is -1.17. The van der Waals surface area contributed by atoms with Crippen LogP contribution in [0.1, 0.15) is 137 Å². The average molecular weight is 714 g/mol. The van der Waals surface area contributed by atoms with Gasteiger partial charge < -0.3 is 19.7 Å². The van der Waals surface area contributed by atoms with E-state index in [0.29, 0.717) is 24.0 Å². The number of aromatic nitrogens is 2. The number of hydrogen-bond acceptors (Lipinski definition) is 6. The average Bonchev–Trinajstić information content (AvgIpc) is 3.55. The van der Waals surface area contributed by atoms with Gasteiger partial charge in [-0.25, -0.2) is 4.98 Å². The molecule has 1 aromatic rings. The Labute approximate surface area is 304 Å². The van der Waals surface area contributed by atoms with Crippen LogP contribution in [0.25, 0.3) is 0 Å². The molecule has 0 spiro atoms. The van der Waals surface area contributed by atoms with E-state index in [-0.39, 0.29) is 70.1 Å². The predicted octanol–water partition coefficient (Wildman–Crippen LogP) is 7.72. The SMILES string of the molecule is CC(C)C1=C2[C@H]3CC[C@@H]4[C@@]5(C)CC[C@H](OC(=O)CC(C)(C)C(=O)O)C(C)(C)[C@@H]5CC[C@@]4(C)[C@]3(C)CC[C@@]2(NC(=O)c2cn(C)cn2)CC1=O.Cl. The molecule has 9 nitrogen and oxygen atoms in total. The van der Waals surface area contributed by atoms with E-state index in [1.165, 1.54) is 5.57 Å². The van der Waals surface area contributed by atoms with Gasteiger partial charge in [-0.15, -0.1) is 12.4 Å². The number of nitrogens with one attached hydrogen (secondary N) is 1.